The monoisotopic (exact) mass is 372 g/mol. The highest BCUT2D eigenvalue weighted by Crippen LogP contribution is 2.14. The van der Waals surface area contributed by atoms with Crippen molar-refractivity contribution in [3.63, 3.8) is 0 Å². The smallest absolute Gasteiger partial charge is 0.335 e. The second kappa shape index (κ2) is 8.93. The summed E-state index contributed by atoms with van der Waals surface area (Å²) in [5.41, 5.74) is 0.881. The minimum absolute atomic E-state index is 0.0840. The Kier molecular flexibility index (Phi) is 6.65. The molecule has 2 aromatic rings. The molecule has 0 aliphatic heterocycles. The molecule has 0 aliphatic rings. The van der Waals surface area contributed by atoms with Crippen LogP contribution in [0.2, 0.25) is 0 Å². The highest BCUT2D eigenvalue weighted by Gasteiger charge is 2.15. The van der Waals surface area contributed by atoms with Gasteiger partial charge >= 0.3 is 5.97 Å². The third kappa shape index (κ3) is 5.37. The van der Waals surface area contributed by atoms with Crippen molar-refractivity contribution in [1.29, 1.82) is 0 Å². The quantitative estimate of drug-likeness (QED) is 0.694. The predicted molar refractivity (Wildman–Crippen MR) is 99.1 cm³/mol. The number of hydrogen-bond donors (Lipinski definition) is 3. The Balaban J connectivity index is 2.02. The van der Waals surface area contributed by atoms with Crippen LogP contribution in [-0.4, -0.2) is 22.9 Å². The van der Waals surface area contributed by atoms with Gasteiger partial charge in [0, 0.05) is 18.2 Å². The Labute approximate surface area is 156 Å². The van der Waals surface area contributed by atoms with Crippen molar-refractivity contribution in [2.45, 2.75) is 26.8 Å². The predicted octanol–water partition coefficient (Wildman–Crippen LogP) is 3.44. The summed E-state index contributed by atoms with van der Waals surface area (Å²) in [6.45, 7) is 3.90. The SMILES string of the molecule is CCC(C)C(=O)Nc1cccc(CNC(=O)c2ccc(C(=O)O)cc2F)c1. The Morgan fingerprint density at radius 3 is 2.52 bits per heavy atom. The molecule has 0 radical (unpaired) electrons. The Hall–Kier alpha value is -3.22. The van der Waals surface area contributed by atoms with Gasteiger partial charge in [-0.25, -0.2) is 9.18 Å². The van der Waals surface area contributed by atoms with Gasteiger partial charge < -0.3 is 15.7 Å². The van der Waals surface area contributed by atoms with Crippen molar-refractivity contribution in [1.82, 2.24) is 5.32 Å². The zero-order valence-electron chi connectivity index (χ0n) is 15.1. The number of rotatable bonds is 7. The molecule has 2 aromatic carbocycles. The van der Waals surface area contributed by atoms with Gasteiger partial charge in [-0.3, -0.25) is 9.59 Å². The van der Waals surface area contributed by atoms with Gasteiger partial charge in [0.25, 0.3) is 5.91 Å². The molecule has 6 nitrogen and oxygen atoms in total. The molecule has 0 aromatic heterocycles. The molecule has 0 heterocycles. The fraction of sp³-hybridized carbons (Fsp3) is 0.250. The summed E-state index contributed by atoms with van der Waals surface area (Å²) in [5, 5.41) is 14.2. The number of nitrogens with one attached hydrogen (secondary N) is 2. The van der Waals surface area contributed by atoms with E-state index in [1.54, 1.807) is 24.3 Å². The van der Waals surface area contributed by atoms with Crippen LogP contribution in [0.1, 0.15) is 46.5 Å². The number of halogens is 1. The van der Waals surface area contributed by atoms with Crippen molar-refractivity contribution in [2.75, 3.05) is 5.32 Å². The van der Waals surface area contributed by atoms with Crippen LogP contribution in [0.15, 0.2) is 42.5 Å². The molecule has 0 saturated carbocycles. The maximum absolute atomic E-state index is 13.9. The molecule has 2 amide bonds. The normalized spacial score (nSPS) is 11.5. The molecule has 0 saturated heterocycles. The highest BCUT2D eigenvalue weighted by atomic mass is 19.1. The Morgan fingerprint density at radius 1 is 1.15 bits per heavy atom. The maximum Gasteiger partial charge on any atom is 0.335 e. The van der Waals surface area contributed by atoms with Gasteiger partial charge in [0.15, 0.2) is 0 Å². The molecule has 3 N–H and O–H groups in total. The minimum Gasteiger partial charge on any atom is -0.478 e. The molecule has 2 rings (SSSR count). The Bertz CT molecular complexity index is 867. The number of benzene rings is 2. The van der Waals surface area contributed by atoms with E-state index in [2.05, 4.69) is 10.6 Å². The van der Waals surface area contributed by atoms with Gasteiger partial charge in [-0.05, 0) is 42.3 Å². The number of amides is 2. The van der Waals surface area contributed by atoms with Crippen LogP contribution in [0.5, 0.6) is 0 Å². The molecule has 142 valence electrons. The molecule has 27 heavy (non-hydrogen) atoms. The number of aromatic carboxylic acids is 1. The highest BCUT2D eigenvalue weighted by molar-refractivity contribution is 5.96. The van der Waals surface area contributed by atoms with E-state index in [4.69, 9.17) is 5.11 Å². The van der Waals surface area contributed by atoms with Crippen molar-refractivity contribution >= 4 is 23.5 Å². The molecular weight excluding hydrogens is 351 g/mol. The van der Waals surface area contributed by atoms with Crippen LogP contribution < -0.4 is 10.6 Å². The first kappa shape index (κ1) is 20.1. The number of anilines is 1. The molecular formula is C20H21FN2O4. The fourth-order valence-electron chi connectivity index (χ4n) is 2.32. The molecule has 1 unspecified atom stereocenters. The zero-order valence-corrected chi connectivity index (χ0v) is 15.1. The third-order valence-corrected chi connectivity index (χ3v) is 4.17. The van der Waals surface area contributed by atoms with Gasteiger partial charge in [-0.15, -0.1) is 0 Å². The summed E-state index contributed by atoms with van der Waals surface area (Å²) in [4.78, 5) is 34.9. The average Bonchev–Trinajstić information content (AvgIpc) is 2.65. The average molecular weight is 372 g/mol. The first-order valence-corrected chi connectivity index (χ1v) is 8.52. The van der Waals surface area contributed by atoms with Crippen molar-refractivity contribution in [3.05, 3.63) is 65.0 Å². The molecule has 0 spiro atoms. The van der Waals surface area contributed by atoms with Gasteiger partial charge in [0.2, 0.25) is 5.91 Å². The van der Waals surface area contributed by atoms with E-state index in [-0.39, 0.29) is 29.5 Å². The lowest BCUT2D eigenvalue weighted by Gasteiger charge is -2.12. The van der Waals surface area contributed by atoms with Crippen LogP contribution in [0.3, 0.4) is 0 Å². The molecule has 0 fully saturated rings. The summed E-state index contributed by atoms with van der Waals surface area (Å²) in [6, 6.07) is 10.1. The summed E-state index contributed by atoms with van der Waals surface area (Å²) in [5.74, 6) is -3.01. The number of carboxylic acids is 1. The van der Waals surface area contributed by atoms with E-state index < -0.39 is 17.7 Å². The van der Waals surface area contributed by atoms with Crippen LogP contribution in [0, 0.1) is 11.7 Å². The summed E-state index contributed by atoms with van der Waals surface area (Å²) in [7, 11) is 0. The second-order valence-corrected chi connectivity index (χ2v) is 6.18. The first-order chi connectivity index (χ1) is 12.8. The molecule has 1 atom stereocenters. The van der Waals surface area contributed by atoms with Gasteiger partial charge in [-0.1, -0.05) is 26.0 Å². The van der Waals surface area contributed by atoms with E-state index in [9.17, 15) is 18.8 Å². The summed E-state index contributed by atoms with van der Waals surface area (Å²) in [6.07, 6.45) is 0.730. The zero-order chi connectivity index (χ0) is 20.0. The van der Waals surface area contributed by atoms with Crippen molar-refractivity contribution in [3.8, 4) is 0 Å². The molecule has 0 bridgehead atoms. The topological polar surface area (TPSA) is 95.5 Å². The lowest BCUT2D eigenvalue weighted by Crippen LogP contribution is -2.24. The van der Waals surface area contributed by atoms with E-state index in [1.165, 1.54) is 6.07 Å². The number of carboxylic acid groups (broad SMARTS) is 1. The van der Waals surface area contributed by atoms with Crippen molar-refractivity contribution < 1.29 is 23.9 Å². The number of carbonyl (C=O) groups excluding carboxylic acids is 2. The lowest BCUT2D eigenvalue weighted by atomic mass is 10.1. The standard InChI is InChI=1S/C20H21FN2O4/c1-3-12(2)18(24)23-15-6-4-5-13(9-15)11-22-19(25)16-8-7-14(20(26)27)10-17(16)21/h4-10,12H,3,11H2,1-2H3,(H,22,25)(H,23,24)(H,26,27). The van der Waals surface area contributed by atoms with Crippen LogP contribution in [0.25, 0.3) is 0 Å². The van der Waals surface area contributed by atoms with E-state index in [0.29, 0.717) is 5.69 Å². The molecule has 0 aliphatic carbocycles. The van der Waals surface area contributed by atoms with Gasteiger partial charge in [0.05, 0.1) is 11.1 Å². The summed E-state index contributed by atoms with van der Waals surface area (Å²) >= 11 is 0. The van der Waals surface area contributed by atoms with Gasteiger partial charge in [-0.2, -0.15) is 0 Å². The number of hydrogen-bond acceptors (Lipinski definition) is 3. The largest absolute Gasteiger partial charge is 0.478 e. The molecule has 7 heteroatoms. The fourth-order valence-corrected chi connectivity index (χ4v) is 2.32. The summed E-state index contributed by atoms with van der Waals surface area (Å²) < 4.78 is 13.9. The first-order valence-electron chi connectivity index (χ1n) is 8.52. The second-order valence-electron chi connectivity index (χ2n) is 6.18. The number of carbonyl (C=O) groups is 3. The lowest BCUT2D eigenvalue weighted by molar-refractivity contribution is -0.119. The van der Waals surface area contributed by atoms with Crippen LogP contribution in [-0.2, 0) is 11.3 Å². The van der Waals surface area contributed by atoms with Crippen LogP contribution in [0.4, 0.5) is 10.1 Å². The third-order valence-electron chi connectivity index (χ3n) is 4.17. The van der Waals surface area contributed by atoms with Crippen molar-refractivity contribution in [2.24, 2.45) is 5.92 Å². The van der Waals surface area contributed by atoms with E-state index >= 15 is 0 Å². The Morgan fingerprint density at radius 2 is 1.89 bits per heavy atom. The minimum atomic E-state index is -1.27. The van der Waals surface area contributed by atoms with E-state index in [0.717, 1.165) is 24.1 Å². The maximum atomic E-state index is 13.9. The van der Waals surface area contributed by atoms with Crippen LogP contribution >= 0.6 is 0 Å². The van der Waals surface area contributed by atoms with Gasteiger partial charge in [0.1, 0.15) is 5.82 Å². The van der Waals surface area contributed by atoms with E-state index in [1.807, 2.05) is 13.8 Å².